The zero-order valence-corrected chi connectivity index (χ0v) is 22.5. The summed E-state index contributed by atoms with van der Waals surface area (Å²) in [5, 5.41) is 3.94. The van der Waals surface area contributed by atoms with E-state index in [4.69, 9.17) is 25.8 Å². The highest BCUT2D eigenvalue weighted by Gasteiger charge is 2.18. The van der Waals surface area contributed by atoms with E-state index in [2.05, 4.69) is 25.1 Å². The first-order valence-corrected chi connectivity index (χ1v) is 13.1. The molecule has 1 N–H and O–H groups in total. The molecular formula is C27H33ClFN5O4. The minimum Gasteiger partial charge on any atom is -0.493 e. The zero-order valence-electron chi connectivity index (χ0n) is 21.7. The van der Waals surface area contributed by atoms with Gasteiger partial charge in [-0.3, -0.25) is 4.79 Å². The van der Waals surface area contributed by atoms with Gasteiger partial charge >= 0.3 is 5.97 Å². The molecule has 1 saturated heterocycles. The van der Waals surface area contributed by atoms with Crippen molar-refractivity contribution >= 4 is 40.0 Å². The van der Waals surface area contributed by atoms with Crippen LogP contribution in [0.2, 0.25) is 5.02 Å². The van der Waals surface area contributed by atoms with E-state index < -0.39 is 5.82 Å². The number of piperazine rings is 1. The molecule has 0 spiro atoms. The first kappa shape index (κ1) is 27.8. The Balaban J connectivity index is 1.31. The van der Waals surface area contributed by atoms with E-state index in [0.717, 1.165) is 51.1 Å². The molecule has 3 aromatic rings. The summed E-state index contributed by atoms with van der Waals surface area (Å²) in [6.07, 6.45) is 2.75. The van der Waals surface area contributed by atoms with Crippen LogP contribution in [0, 0.1) is 5.82 Å². The van der Waals surface area contributed by atoms with Gasteiger partial charge in [0.1, 0.15) is 18.0 Å². The Hall–Kier alpha value is -3.21. The van der Waals surface area contributed by atoms with Crippen molar-refractivity contribution in [2.24, 2.45) is 0 Å². The summed E-state index contributed by atoms with van der Waals surface area (Å²) in [6, 6.07) is 8.06. The number of aromatic nitrogens is 2. The quantitative estimate of drug-likeness (QED) is 0.261. The first-order chi connectivity index (χ1) is 18.5. The van der Waals surface area contributed by atoms with E-state index in [1.807, 2.05) is 19.1 Å². The van der Waals surface area contributed by atoms with E-state index in [0.29, 0.717) is 48.2 Å². The van der Waals surface area contributed by atoms with Gasteiger partial charge in [0.05, 0.1) is 37.3 Å². The Bertz CT molecular complexity index is 1240. The largest absolute Gasteiger partial charge is 0.493 e. The molecule has 1 aliphatic heterocycles. The third kappa shape index (κ3) is 7.43. The SMILES string of the molecule is CCOC(=O)CCN1CCN(CCCOc2cc3c(Nc4ccc(F)c(Cl)c4)ncnc3cc2OC)CC1. The maximum Gasteiger partial charge on any atom is 0.307 e. The van der Waals surface area contributed by atoms with Crippen LogP contribution in [-0.2, 0) is 9.53 Å². The highest BCUT2D eigenvalue weighted by molar-refractivity contribution is 6.31. The van der Waals surface area contributed by atoms with Gasteiger partial charge in [0, 0.05) is 56.4 Å². The van der Waals surface area contributed by atoms with Crippen LogP contribution < -0.4 is 14.8 Å². The predicted molar refractivity (Wildman–Crippen MR) is 145 cm³/mol. The second-order valence-electron chi connectivity index (χ2n) is 8.94. The van der Waals surface area contributed by atoms with Gasteiger partial charge in [0.25, 0.3) is 0 Å². The molecular weight excluding hydrogens is 513 g/mol. The maximum absolute atomic E-state index is 13.6. The van der Waals surface area contributed by atoms with Gasteiger partial charge in [-0.2, -0.15) is 0 Å². The van der Waals surface area contributed by atoms with Crippen molar-refractivity contribution in [3.8, 4) is 11.5 Å². The molecule has 0 bridgehead atoms. The summed E-state index contributed by atoms with van der Waals surface area (Å²) < 4.78 is 30.2. The van der Waals surface area contributed by atoms with Crippen LogP contribution in [0.3, 0.4) is 0 Å². The molecule has 0 radical (unpaired) electrons. The summed E-state index contributed by atoms with van der Waals surface area (Å²) in [5.41, 5.74) is 1.29. The van der Waals surface area contributed by atoms with Gasteiger partial charge in [0.2, 0.25) is 0 Å². The van der Waals surface area contributed by atoms with Crippen LogP contribution >= 0.6 is 11.6 Å². The number of carbonyl (C=O) groups is 1. The van der Waals surface area contributed by atoms with Crippen LogP contribution in [0.1, 0.15) is 19.8 Å². The molecule has 1 fully saturated rings. The summed E-state index contributed by atoms with van der Waals surface area (Å²) >= 11 is 5.93. The number of ether oxygens (including phenoxy) is 3. The van der Waals surface area contributed by atoms with E-state index >= 15 is 0 Å². The average Bonchev–Trinajstić information content (AvgIpc) is 2.92. The van der Waals surface area contributed by atoms with E-state index in [-0.39, 0.29) is 11.0 Å². The van der Waals surface area contributed by atoms with Crippen molar-refractivity contribution in [3.05, 3.63) is 47.5 Å². The Morgan fingerprint density at radius 3 is 2.55 bits per heavy atom. The van der Waals surface area contributed by atoms with Crippen LogP contribution in [0.25, 0.3) is 10.9 Å². The molecule has 11 heteroatoms. The fourth-order valence-electron chi connectivity index (χ4n) is 4.34. The fraction of sp³-hybridized carbons (Fsp3) is 0.444. The number of methoxy groups -OCH3 is 1. The van der Waals surface area contributed by atoms with E-state index in [1.54, 1.807) is 13.2 Å². The lowest BCUT2D eigenvalue weighted by Gasteiger charge is -2.34. The standard InChI is InChI=1S/C27H33ClFN5O4/c1-3-37-26(35)7-9-34-12-10-33(11-13-34)8-4-14-38-25-16-20-23(17-24(25)36-2)30-18-31-27(20)32-19-5-6-22(29)21(28)15-19/h5-6,15-18H,3-4,7-14H2,1-2H3,(H,30,31,32). The number of fused-ring (bicyclic) bond motifs is 1. The fourth-order valence-corrected chi connectivity index (χ4v) is 4.52. The number of carbonyl (C=O) groups excluding carboxylic acids is 1. The highest BCUT2D eigenvalue weighted by Crippen LogP contribution is 2.35. The number of benzene rings is 2. The Morgan fingerprint density at radius 1 is 1.08 bits per heavy atom. The van der Waals surface area contributed by atoms with Gasteiger partial charge in [-0.25, -0.2) is 14.4 Å². The summed E-state index contributed by atoms with van der Waals surface area (Å²) in [6.45, 7) is 8.23. The molecule has 9 nitrogen and oxygen atoms in total. The Morgan fingerprint density at radius 2 is 1.84 bits per heavy atom. The molecule has 0 aliphatic carbocycles. The molecule has 0 atom stereocenters. The van der Waals surface area contributed by atoms with Crippen molar-refractivity contribution < 1.29 is 23.4 Å². The Kier molecular flexibility index (Phi) is 9.91. The minimum atomic E-state index is -0.485. The van der Waals surface area contributed by atoms with Gasteiger partial charge in [-0.05, 0) is 37.6 Å². The van der Waals surface area contributed by atoms with Crippen molar-refractivity contribution in [2.45, 2.75) is 19.8 Å². The van der Waals surface area contributed by atoms with Crippen molar-refractivity contribution in [1.82, 2.24) is 19.8 Å². The van der Waals surface area contributed by atoms with Gasteiger partial charge in [-0.15, -0.1) is 0 Å². The number of esters is 1. The number of halogens is 2. The highest BCUT2D eigenvalue weighted by atomic mass is 35.5. The third-order valence-electron chi connectivity index (χ3n) is 6.38. The lowest BCUT2D eigenvalue weighted by molar-refractivity contribution is -0.143. The molecule has 204 valence electrons. The second-order valence-corrected chi connectivity index (χ2v) is 9.34. The normalized spacial score (nSPS) is 14.4. The van der Waals surface area contributed by atoms with Crippen molar-refractivity contribution in [1.29, 1.82) is 0 Å². The number of hydrogen-bond donors (Lipinski definition) is 1. The molecule has 2 aromatic carbocycles. The number of anilines is 2. The van der Waals surface area contributed by atoms with Crippen molar-refractivity contribution in [3.63, 3.8) is 0 Å². The van der Waals surface area contributed by atoms with E-state index in [9.17, 15) is 9.18 Å². The summed E-state index contributed by atoms with van der Waals surface area (Å²) in [4.78, 5) is 25.0. The van der Waals surface area contributed by atoms with Crippen molar-refractivity contribution in [2.75, 3.05) is 64.9 Å². The molecule has 2 heterocycles. The predicted octanol–water partition coefficient (Wildman–Crippen LogP) is 4.51. The first-order valence-electron chi connectivity index (χ1n) is 12.7. The number of hydrogen-bond acceptors (Lipinski definition) is 9. The van der Waals surface area contributed by atoms with Gasteiger partial charge in [-0.1, -0.05) is 11.6 Å². The van der Waals surface area contributed by atoms with Crippen LogP contribution in [-0.4, -0.2) is 85.3 Å². The van der Waals surface area contributed by atoms with Gasteiger partial charge < -0.3 is 29.3 Å². The van der Waals surface area contributed by atoms with Crippen LogP contribution in [0.15, 0.2) is 36.7 Å². The number of nitrogens with one attached hydrogen (secondary N) is 1. The third-order valence-corrected chi connectivity index (χ3v) is 6.67. The molecule has 1 aromatic heterocycles. The number of nitrogens with zero attached hydrogens (tertiary/aromatic N) is 4. The molecule has 4 rings (SSSR count). The molecule has 1 aliphatic rings. The monoisotopic (exact) mass is 545 g/mol. The zero-order chi connectivity index (χ0) is 26.9. The average molecular weight is 546 g/mol. The topological polar surface area (TPSA) is 89.1 Å². The molecule has 0 unspecified atom stereocenters. The van der Waals surface area contributed by atoms with Gasteiger partial charge in [0.15, 0.2) is 11.5 Å². The summed E-state index contributed by atoms with van der Waals surface area (Å²) in [7, 11) is 1.59. The maximum atomic E-state index is 13.6. The minimum absolute atomic E-state index is 0.0251. The Labute approximate surface area is 226 Å². The lowest BCUT2D eigenvalue weighted by Crippen LogP contribution is -2.47. The molecule has 0 amide bonds. The number of rotatable bonds is 12. The lowest BCUT2D eigenvalue weighted by atomic mass is 10.2. The van der Waals surface area contributed by atoms with Crippen LogP contribution in [0.5, 0.6) is 11.5 Å². The van der Waals surface area contributed by atoms with Crippen LogP contribution in [0.4, 0.5) is 15.9 Å². The second kappa shape index (κ2) is 13.5. The summed E-state index contributed by atoms with van der Waals surface area (Å²) in [5.74, 6) is 1.11. The molecule has 0 saturated carbocycles. The smallest absolute Gasteiger partial charge is 0.307 e. The molecule has 38 heavy (non-hydrogen) atoms. The van der Waals surface area contributed by atoms with E-state index in [1.165, 1.54) is 18.5 Å².